The number of aryl methyl sites for hydroxylation is 2. The Morgan fingerprint density at radius 3 is 2.49 bits per heavy atom. The lowest BCUT2D eigenvalue weighted by atomic mass is 9.92. The van der Waals surface area contributed by atoms with Crippen molar-refractivity contribution < 1.29 is 22.2 Å². The average Bonchev–Trinajstić information content (AvgIpc) is 2.78. The van der Waals surface area contributed by atoms with Crippen molar-refractivity contribution >= 4 is 32.4 Å². The number of anilines is 1. The summed E-state index contributed by atoms with van der Waals surface area (Å²) in [7, 11) is -3.20. The summed E-state index contributed by atoms with van der Waals surface area (Å²) in [6, 6.07) is 14.1. The summed E-state index contributed by atoms with van der Waals surface area (Å²) in [5, 5.41) is 4.34. The van der Waals surface area contributed by atoms with Crippen LogP contribution < -0.4 is 5.32 Å². The number of halogens is 3. The Kier molecular flexibility index (Phi) is 6.86. The van der Waals surface area contributed by atoms with E-state index in [0.29, 0.717) is 24.5 Å². The summed E-state index contributed by atoms with van der Waals surface area (Å²) in [5.74, 6) is -1.02. The molecule has 1 amide bonds. The number of hydrogen-bond donors (Lipinski definition) is 1. The fraction of sp³-hybridized carbons (Fsp3) is 0.400. The van der Waals surface area contributed by atoms with Crippen LogP contribution in [-0.4, -0.2) is 37.8 Å². The van der Waals surface area contributed by atoms with Crippen LogP contribution in [0.15, 0.2) is 46.8 Å². The van der Waals surface area contributed by atoms with Gasteiger partial charge in [0.1, 0.15) is 11.6 Å². The molecule has 2 heterocycles. The van der Waals surface area contributed by atoms with Crippen LogP contribution in [0.4, 0.5) is 19.0 Å². The van der Waals surface area contributed by atoms with Crippen molar-refractivity contribution in [2.75, 3.05) is 16.8 Å². The monoisotopic (exact) mass is 504 g/mol. The zero-order chi connectivity index (χ0) is 25.4. The molecule has 0 saturated carbocycles. The molecule has 1 aliphatic rings. The van der Waals surface area contributed by atoms with E-state index in [1.54, 1.807) is 0 Å². The Morgan fingerprint density at radius 2 is 1.83 bits per heavy atom. The van der Waals surface area contributed by atoms with E-state index in [9.17, 15) is 22.2 Å². The van der Waals surface area contributed by atoms with Crippen molar-refractivity contribution in [2.45, 2.75) is 51.7 Å². The highest BCUT2D eigenvalue weighted by Crippen LogP contribution is 2.34. The Morgan fingerprint density at radius 1 is 1.11 bits per heavy atom. The molecule has 1 aliphatic heterocycles. The zero-order valence-electron chi connectivity index (χ0n) is 19.7. The summed E-state index contributed by atoms with van der Waals surface area (Å²) in [6.45, 7) is 5.94. The summed E-state index contributed by atoms with van der Waals surface area (Å²) >= 11 is 0. The third-order valence-electron chi connectivity index (χ3n) is 6.26. The first-order valence-corrected chi connectivity index (χ1v) is 13.2. The zero-order valence-corrected chi connectivity index (χ0v) is 20.5. The van der Waals surface area contributed by atoms with Crippen LogP contribution in [0.3, 0.4) is 0 Å². The van der Waals surface area contributed by atoms with E-state index >= 15 is 0 Å². The minimum absolute atomic E-state index is 0.00296. The normalized spacial score (nSPS) is 21.5. The lowest BCUT2D eigenvalue weighted by molar-refractivity contribution is -0.169. The molecule has 1 saturated heterocycles. The Bertz CT molecular complexity index is 1380. The molecule has 4 rings (SSSR count). The third-order valence-corrected chi connectivity index (χ3v) is 8.51. The lowest BCUT2D eigenvalue weighted by Crippen LogP contribution is -2.27. The first-order chi connectivity index (χ1) is 16.4. The van der Waals surface area contributed by atoms with Crippen LogP contribution in [0.2, 0.25) is 0 Å². The van der Waals surface area contributed by atoms with Gasteiger partial charge in [-0.15, -0.1) is 0 Å². The fourth-order valence-corrected chi connectivity index (χ4v) is 6.48. The maximum atomic E-state index is 12.7. The first-order valence-electron chi connectivity index (χ1n) is 11.4. The smallest absolute Gasteiger partial charge is 0.363 e. The number of nitrogens with zero attached hydrogens (tertiary/aromatic N) is 3. The van der Waals surface area contributed by atoms with E-state index in [-0.39, 0.29) is 23.5 Å². The van der Waals surface area contributed by atoms with Gasteiger partial charge in [-0.05, 0) is 62.8 Å². The molecule has 186 valence electrons. The standard InChI is InChI=1S/C25H27F3N4O2S/c1-15-5-4-6-19(13-15)16(2)29-23-21-14-20(7-8-22(21)30-17(3)31-23)18-9-11-35(34,12-10-18)32-24(33)25(26,27)28/h4-8,13-14,16,18H,9-12H2,1-3H3,(H,29,30,31)/t16-,18?,35?/m1/s1. The topological polar surface area (TPSA) is 84.3 Å². The molecule has 6 nitrogen and oxygen atoms in total. The number of aromatic nitrogens is 2. The molecule has 0 spiro atoms. The summed E-state index contributed by atoms with van der Waals surface area (Å²) in [6.07, 6.45) is -4.33. The van der Waals surface area contributed by atoms with Crippen molar-refractivity contribution in [3.63, 3.8) is 0 Å². The third kappa shape index (κ3) is 5.80. The largest absolute Gasteiger partial charge is 0.474 e. The van der Waals surface area contributed by atoms with E-state index in [1.807, 2.05) is 44.2 Å². The molecule has 1 N–H and O–H groups in total. The maximum Gasteiger partial charge on any atom is 0.474 e. The molecule has 0 unspecified atom stereocenters. The van der Waals surface area contributed by atoms with Gasteiger partial charge in [-0.3, -0.25) is 4.79 Å². The van der Waals surface area contributed by atoms with E-state index in [0.717, 1.165) is 22.0 Å². The van der Waals surface area contributed by atoms with Gasteiger partial charge in [-0.1, -0.05) is 35.9 Å². The van der Waals surface area contributed by atoms with Crippen molar-refractivity contribution in [3.05, 3.63) is 65.0 Å². The number of carbonyl (C=O) groups is 1. The van der Waals surface area contributed by atoms with Crippen LogP contribution >= 0.6 is 0 Å². The quantitative estimate of drug-likeness (QED) is 0.482. The van der Waals surface area contributed by atoms with Gasteiger partial charge < -0.3 is 5.32 Å². The van der Waals surface area contributed by atoms with Crippen molar-refractivity contribution in [2.24, 2.45) is 4.36 Å². The predicted molar refractivity (Wildman–Crippen MR) is 131 cm³/mol. The Labute approximate surface area is 202 Å². The molecule has 0 bridgehead atoms. The number of hydrogen-bond acceptors (Lipinski definition) is 5. The van der Waals surface area contributed by atoms with Crippen LogP contribution in [-0.2, 0) is 14.5 Å². The molecule has 1 fully saturated rings. The molecule has 35 heavy (non-hydrogen) atoms. The van der Waals surface area contributed by atoms with E-state index in [4.69, 9.17) is 0 Å². The molecule has 1 atom stereocenters. The second-order valence-corrected chi connectivity index (χ2v) is 11.6. The highest BCUT2D eigenvalue weighted by atomic mass is 32.2. The second-order valence-electron chi connectivity index (χ2n) is 9.03. The fourth-order valence-electron chi connectivity index (χ4n) is 4.38. The van der Waals surface area contributed by atoms with Crippen LogP contribution in [0, 0.1) is 13.8 Å². The summed E-state index contributed by atoms with van der Waals surface area (Å²) in [5.41, 5.74) is 4.05. The number of alkyl halides is 3. The SMILES string of the molecule is Cc1cccc([C@@H](C)Nc2nc(C)nc3ccc(C4CCS(=O)(=NC(=O)C(F)(F)F)CC4)cc23)c1. The van der Waals surface area contributed by atoms with Crippen LogP contribution in [0.1, 0.15) is 54.2 Å². The molecular formula is C25H27F3N4O2S. The predicted octanol–water partition coefficient (Wildman–Crippen LogP) is 5.85. The number of nitrogens with one attached hydrogen (secondary N) is 1. The van der Waals surface area contributed by atoms with Crippen LogP contribution in [0.5, 0.6) is 0 Å². The Hall–Kier alpha value is -3.01. The average molecular weight is 505 g/mol. The number of fused-ring (bicyclic) bond motifs is 1. The van der Waals surface area contributed by atoms with Gasteiger partial charge in [0, 0.05) is 22.9 Å². The van der Waals surface area contributed by atoms with E-state index < -0.39 is 21.8 Å². The number of carbonyl (C=O) groups excluding carboxylic acids is 1. The number of rotatable bonds is 4. The van der Waals surface area contributed by atoms with Gasteiger partial charge in [-0.25, -0.2) is 14.2 Å². The van der Waals surface area contributed by atoms with Gasteiger partial charge in [-0.2, -0.15) is 17.5 Å². The minimum Gasteiger partial charge on any atom is -0.363 e. The molecule has 10 heteroatoms. The van der Waals surface area contributed by atoms with E-state index in [1.165, 1.54) is 5.56 Å². The molecule has 1 aromatic heterocycles. The van der Waals surface area contributed by atoms with E-state index in [2.05, 4.69) is 38.7 Å². The summed E-state index contributed by atoms with van der Waals surface area (Å²) in [4.78, 5) is 20.4. The summed E-state index contributed by atoms with van der Waals surface area (Å²) < 4.78 is 53.4. The van der Waals surface area contributed by atoms with Crippen LogP contribution in [0.25, 0.3) is 10.9 Å². The molecule has 2 aromatic carbocycles. The van der Waals surface area contributed by atoms with Gasteiger partial charge >= 0.3 is 12.1 Å². The highest BCUT2D eigenvalue weighted by Gasteiger charge is 2.40. The lowest BCUT2D eigenvalue weighted by Gasteiger charge is -2.25. The maximum absolute atomic E-state index is 12.7. The van der Waals surface area contributed by atoms with Crippen molar-refractivity contribution in [3.8, 4) is 0 Å². The molecule has 0 radical (unpaired) electrons. The minimum atomic E-state index is -5.10. The van der Waals surface area contributed by atoms with Gasteiger partial charge in [0.25, 0.3) is 0 Å². The van der Waals surface area contributed by atoms with Gasteiger partial charge in [0.2, 0.25) is 0 Å². The molecular weight excluding hydrogens is 477 g/mol. The Balaban J connectivity index is 1.59. The van der Waals surface area contributed by atoms with Crippen molar-refractivity contribution in [1.82, 2.24) is 9.97 Å². The van der Waals surface area contributed by atoms with Crippen molar-refractivity contribution in [1.29, 1.82) is 0 Å². The first kappa shape index (κ1) is 25.1. The highest BCUT2D eigenvalue weighted by molar-refractivity contribution is 7.93. The molecule has 3 aromatic rings. The van der Waals surface area contributed by atoms with Gasteiger partial charge in [0.05, 0.1) is 15.2 Å². The molecule has 0 aliphatic carbocycles. The van der Waals surface area contributed by atoms with Gasteiger partial charge in [0.15, 0.2) is 0 Å². The number of amides is 1. The second kappa shape index (κ2) is 9.56. The number of benzene rings is 2.